The summed E-state index contributed by atoms with van der Waals surface area (Å²) < 4.78 is 0. The van der Waals surface area contributed by atoms with Crippen molar-refractivity contribution in [2.75, 3.05) is 18.0 Å². The summed E-state index contributed by atoms with van der Waals surface area (Å²) in [6.07, 6.45) is 1.36. The average Bonchev–Trinajstić information content (AvgIpc) is 1.83. The van der Waals surface area contributed by atoms with Crippen molar-refractivity contribution in [2.24, 2.45) is 0 Å². The van der Waals surface area contributed by atoms with Crippen molar-refractivity contribution >= 4 is 18.1 Å². The van der Waals surface area contributed by atoms with E-state index in [1.807, 2.05) is 0 Å². The van der Waals surface area contributed by atoms with Gasteiger partial charge in [0.25, 0.3) is 0 Å². The summed E-state index contributed by atoms with van der Waals surface area (Å²) in [5.41, 5.74) is 2.74. The molecule has 1 aromatic carbocycles. The topological polar surface area (TPSA) is 3.24 Å². The molecule has 1 fully saturated rings. The van der Waals surface area contributed by atoms with Crippen molar-refractivity contribution in [2.45, 2.75) is 13.3 Å². The minimum atomic E-state index is 0. The monoisotopic (exact) mass is 183 g/mol. The maximum atomic E-state index is 2.41. The molecule has 0 atom stereocenters. The average molecular weight is 184 g/mol. The van der Waals surface area contributed by atoms with Gasteiger partial charge in [-0.25, -0.2) is 0 Å². The zero-order valence-corrected chi connectivity index (χ0v) is 8.10. The van der Waals surface area contributed by atoms with E-state index in [0.29, 0.717) is 0 Å². The maximum absolute atomic E-state index is 2.41. The number of hydrogen-bond donors (Lipinski definition) is 0. The van der Waals surface area contributed by atoms with E-state index in [-0.39, 0.29) is 12.4 Å². The Labute approximate surface area is 79.8 Å². The number of anilines is 1. The normalized spacial score (nSPS) is 14.9. The quantitative estimate of drug-likeness (QED) is 0.647. The molecule has 1 saturated heterocycles. The van der Waals surface area contributed by atoms with Gasteiger partial charge in [0.05, 0.1) is 0 Å². The molecule has 0 spiro atoms. The van der Waals surface area contributed by atoms with Crippen LogP contribution < -0.4 is 4.90 Å². The Hall–Kier alpha value is -0.690. The smallest absolute Gasteiger partial charge is 0.0368 e. The van der Waals surface area contributed by atoms with Gasteiger partial charge in [-0.1, -0.05) is 12.1 Å². The highest BCUT2D eigenvalue weighted by molar-refractivity contribution is 5.85. The third-order valence-corrected chi connectivity index (χ3v) is 2.22. The van der Waals surface area contributed by atoms with E-state index in [1.54, 1.807) is 0 Å². The molecule has 1 nitrogen and oxygen atoms in total. The Morgan fingerprint density at radius 2 is 2.00 bits per heavy atom. The van der Waals surface area contributed by atoms with Crippen molar-refractivity contribution in [1.82, 2.24) is 0 Å². The summed E-state index contributed by atoms with van der Waals surface area (Å²) in [5, 5.41) is 0. The fourth-order valence-corrected chi connectivity index (χ4v) is 1.40. The summed E-state index contributed by atoms with van der Waals surface area (Å²) in [6, 6.07) is 8.71. The first kappa shape index (κ1) is 9.40. The highest BCUT2D eigenvalue weighted by Gasteiger charge is 2.13. The van der Waals surface area contributed by atoms with Crippen LogP contribution in [0.4, 0.5) is 5.69 Å². The van der Waals surface area contributed by atoms with Crippen LogP contribution in [0.25, 0.3) is 0 Å². The van der Waals surface area contributed by atoms with Crippen LogP contribution in [-0.2, 0) is 0 Å². The van der Waals surface area contributed by atoms with Crippen molar-refractivity contribution in [3.63, 3.8) is 0 Å². The number of halogens is 1. The predicted molar refractivity (Wildman–Crippen MR) is 55.3 cm³/mol. The zero-order chi connectivity index (χ0) is 7.68. The van der Waals surface area contributed by atoms with Gasteiger partial charge in [0.1, 0.15) is 0 Å². The van der Waals surface area contributed by atoms with E-state index in [4.69, 9.17) is 0 Å². The molecule has 1 aromatic rings. The lowest BCUT2D eigenvalue weighted by Gasteiger charge is -2.33. The van der Waals surface area contributed by atoms with Gasteiger partial charge in [-0.05, 0) is 31.0 Å². The molecule has 0 unspecified atom stereocenters. The second-order valence-electron chi connectivity index (χ2n) is 3.18. The van der Waals surface area contributed by atoms with Crippen LogP contribution in [0, 0.1) is 6.92 Å². The highest BCUT2D eigenvalue weighted by atomic mass is 35.5. The molecular formula is C10H14ClN. The number of aryl methyl sites for hydroxylation is 1. The van der Waals surface area contributed by atoms with Gasteiger partial charge >= 0.3 is 0 Å². The standard InChI is InChI=1S/C10H13N.ClH/c1-9-4-2-5-10(8-9)11-6-3-7-11;/h2,4-5,8H,3,6-7H2,1H3;1H. The fourth-order valence-electron chi connectivity index (χ4n) is 1.40. The van der Waals surface area contributed by atoms with Crippen molar-refractivity contribution in [3.8, 4) is 0 Å². The van der Waals surface area contributed by atoms with E-state index in [1.165, 1.54) is 30.8 Å². The molecule has 0 aliphatic carbocycles. The van der Waals surface area contributed by atoms with Gasteiger partial charge in [0.2, 0.25) is 0 Å². The van der Waals surface area contributed by atoms with E-state index in [0.717, 1.165) is 0 Å². The molecule has 1 aliphatic heterocycles. The van der Waals surface area contributed by atoms with E-state index < -0.39 is 0 Å². The molecule has 1 aliphatic rings. The van der Waals surface area contributed by atoms with Gasteiger partial charge in [0, 0.05) is 18.8 Å². The van der Waals surface area contributed by atoms with Crippen LogP contribution in [0.1, 0.15) is 12.0 Å². The summed E-state index contributed by atoms with van der Waals surface area (Å²) in [6.45, 7) is 4.62. The molecule has 0 N–H and O–H groups in total. The molecule has 0 saturated carbocycles. The Bertz CT molecular complexity index is 256. The lowest BCUT2D eigenvalue weighted by molar-refractivity contribution is 0.617. The zero-order valence-electron chi connectivity index (χ0n) is 7.29. The van der Waals surface area contributed by atoms with Crippen LogP contribution in [0.15, 0.2) is 24.3 Å². The lowest BCUT2D eigenvalue weighted by atomic mass is 10.1. The van der Waals surface area contributed by atoms with Crippen LogP contribution in [0.3, 0.4) is 0 Å². The highest BCUT2D eigenvalue weighted by Crippen LogP contribution is 2.20. The fraction of sp³-hybridized carbons (Fsp3) is 0.400. The number of hydrogen-bond acceptors (Lipinski definition) is 1. The van der Waals surface area contributed by atoms with Crippen molar-refractivity contribution in [1.29, 1.82) is 0 Å². The maximum Gasteiger partial charge on any atom is 0.0368 e. The first-order valence-electron chi connectivity index (χ1n) is 4.18. The molecule has 0 radical (unpaired) electrons. The van der Waals surface area contributed by atoms with Gasteiger partial charge in [0.15, 0.2) is 0 Å². The van der Waals surface area contributed by atoms with Gasteiger partial charge in [-0.2, -0.15) is 0 Å². The number of nitrogens with zero attached hydrogens (tertiary/aromatic N) is 1. The largest absolute Gasteiger partial charge is 0.371 e. The SMILES string of the molecule is Cc1cccc(N2CCC2)c1.Cl. The molecule has 2 heteroatoms. The summed E-state index contributed by atoms with van der Waals surface area (Å²) >= 11 is 0. The number of benzene rings is 1. The molecule has 0 bridgehead atoms. The Morgan fingerprint density at radius 3 is 2.50 bits per heavy atom. The summed E-state index contributed by atoms with van der Waals surface area (Å²) in [7, 11) is 0. The van der Waals surface area contributed by atoms with Crippen molar-refractivity contribution < 1.29 is 0 Å². The molecule has 12 heavy (non-hydrogen) atoms. The first-order valence-corrected chi connectivity index (χ1v) is 4.18. The van der Waals surface area contributed by atoms with E-state index >= 15 is 0 Å². The summed E-state index contributed by atoms with van der Waals surface area (Å²) in [5.74, 6) is 0. The Kier molecular flexibility index (Phi) is 2.99. The second kappa shape index (κ2) is 3.81. The molecule has 66 valence electrons. The minimum Gasteiger partial charge on any atom is -0.371 e. The molecular weight excluding hydrogens is 170 g/mol. The first-order chi connectivity index (χ1) is 5.36. The van der Waals surface area contributed by atoms with Crippen LogP contribution >= 0.6 is 12.4 Å². The van der Waals surface area contributed by atoms with Crippen LogP contribution in [0.2, 0.25) is 0 Å². The third-order valence-electron chi connectivity index (χ3n) is 2.22. The van der Waals surface area contributed by atoms with Gasteiger partial charge in [-0.15, -0.1) is 12.4 Å². The van der Waals surface area contributed by atoms with Crippen molar-refractivity contribution in [3.05, 3.63) is 29.8 Å². The summed E-state index contributed by atoms with van der Waals surface area (Å²) in [4.78, 5) is 2.41. The second-order valence-corrected chi connectivity index (χ2v) is 3.18. The Balaban J connectivity index is 0.000000720. The third kappa shape index (κ3) is 1.72. The predicted octanol–water partition coefficient (Wildman–Crippen LogP) is 2.63. The Morgan fingerprint density at radius 1 is 1.25 bits per heavy atom. The van der Waals surface area contributed by atoms with Crippen LogP contribution in [0.5, 0.6) is 0 Å². The van der Waals surface area contributed by atoms with E-state index in [9.17, 15) is 0 Å². The van der Waals surface area contributed by atoms with Gasteiger partial charge in [-0.3, -0.25) is 0 Å². The molecule has 0 amide bonds. The van der Waals surface area contributed by atoms with Crippen LogP contribution in [-0.4, -0.2) is 13.1 Å². The number of rotatable bonds is 1. The van der Waals surface area contributed by atoms with E-state index in [2.05, 4.69) is 36.1 Å². The van der Waals surface area contributed by atoms with Gasteiger partial charge < -0.3 is 4.90 Å². The molecule has 1 heterocycles. The molecule has 0 aromatic heterocycles. The molecule has 2 rings (SSSR count). The lowest BCUT2D eigenvalue weighted by Crippen LogP contribution is -2.36. The minimum absolute atomic E-state index is 0.